The summed E-state index contributed by atoms with van der Waals surface area (Å²) in [6, 6.07) is 13.7. The lowest BCUT2D eigenvalue weighted by molar-refractivity contribution is -0.115. The predicted octanol–water partition coefficient (Wildman–Crippen LogP) is 4.72. The number of amides is 1. The summed E-state index contributed by atoms with van der Waals surface area (Å²) in [5.74, 6) is 0.315. The van der Waals surface area contributed by atoms with E-state index in [0.717, 1.165) is 27.6 Å². The molecule has 7 nitrogen and oxygen atoms in total. The number of thiophene rings is 1. The van der Waals surface area contributed by atoms with Crippen molar-refractivity contribution in [2.75, 3.05) is 5.32 Å². The highest BCUT2D eigenvalue weighted by atomic mass is 32.2. The number of nitrogens with zero attached hydrogens (tertiary/aromatic N) is 4. The molecule has 4 aromatic rings. The molecule has 1 N–H and O–H groups in total. The van der Waals surface area contributed by atoms with E-state index in [9.17, 15) is 4.79 Å². The third-order valence-electron chi connectivity index (χ3n) is 4.33. The molecule has 0 aliphatic carbocycles. The van der Waals surface area contributed by atoms with Gasteiger partial charge in [0, 0.05) is 0 Å². The molecular weight excluding hydrogens is 406 g/mol. The number of carbonyl (C=O) groups is 1. The van der Waals surface area contributed by atoms with Crippen molar-refractivity contribution in [2.24, 2.45) is 0 Å². The van der Waals surface area contributed by atoms with Crippen LogP contribution in [0.3, 0.4) is 0 Å². The van der Waals surface area contributed by atoms with Crippen LogP contribution in [-0.2, 0) is 4.79 Å². The Balaban J connectivity index is 1.46. The van der Waals surface area contributed by atoms with Gasteiger partial charge in [0.2, 0.25) is 5.91 Å². The van der Waals surface area contributed by atoms with Gasteiger partial charge in [0.15, 0.2) is 0 Å². The highest BCUT2D eigenvalue weighted by Crippen LogP contribution is 2.29. The minimum absolute atomic E-state index is 0.148. The maximum Gasteiger partial charge on any atom is 0.277 e. The van der Waals surface area contributed by atoms with Gasteiger partial charge in [0.05, 0.1) is 32.9 Å². The van der Waals surface area contributed by atoms with Gasteiger partial charge in [-0.2, -0.15) is 5.10 Å². The number of aromatic nitrogens is 4. The van der Waals surface area contributed by atoms with E-state index in [4.69, 9.17) is 4.42 Å². The monoisotopic (exact) mass is 425 g/mol. The van der Waals surface area contributed by atoms with Crippen molar-refractivity contribution in [1.29, 1.82) is 0 Å². The molecule has 9 heteroatoms. The molecule has 4 rings (SSSR count). The minimum atomic E-state index is -0.412. The first-order chi connectivity index (χ1) is 14.0. The van der Waals surface area contributed by atoms with Crippen LogP contribution in [0.25, 0.3) is 16.5 Å². The van der Waals surface area contributed by atoms with Gasteiger partial charge in [-0.3, -0.25) is 4.79 Å². The van der Waals surface area contributed by atoms with Gasteiger partial charge in [-0.05, 0) is 44.4 Å². The first kappa shape index (κ1) is 19.4. The van der Waals surface area contributed by atoms with Gasteiger partial charge in [-0.25, -0.2) is 4.68 Å². The third kappa shape index (κ3) is 4.10. The summed E-state index contributed by atoms with van der Waals surface area (Å²) in [5.41, 5.74) is 3.30. The van der Waals surface area contributed by atoms with Gasteiger partial charge in [0.25, 0.3) is 11.1 Å². The number of para-hydroxylation sites is 1. The normalized spacial score (nSPS) is 12.1. The molecule has 0 radical (unpaired) electrons. The quantitative estimate of drug-likeness (QED) is 0.450. The fourth-order valence-corrected chi connectivity index (χ4v) is 4.16. The van der Waals surface area contributed by atoms with E-state index in [-0.39, 0.29) is 5.91 Å². The lowest BCUT2D eigenvalue weighted by Crippen LogP contribution is -2.23. The standard InChI is InChI=1S/C20H19N5O2S2/c1-12-17(13(2)25(24-12)15-8-5-4-6-9-15)21-18(26)14(3)29-20-23-22-19(27-20)16-10-7-11-28-16/h4-11,14H,1-3H3,(H,21,26). The number of benzene rings is 1. The van der Waals surface area contributed by atoms with Crippen molar-refractivity contribution >= 4 is 34.7 Å². The van der Waals surface area contributed by atoms with Crippen LogP contribution in [0.15, 0.2) is 57.5 Å². The number of rotatable bonds is 6. The number of nitrogens with one attached hydrogen (secondary N) is 1. The van der Waals surface area contributed by atoms with Gasteiger partial charge in [-0.15, -0.1) is 21.5 Å². The topological polar surface area (TPSA) is 85.8 Å². The summed E-state index contributed by atoms with van der Waals surface area (Å²) in [4.78, 5) is 13.6. The van der Waals surface area contributed by atoms with Crippen molar-refractivity contribution in [3.05, 3.63) is 59.2 Å². The smallest absolute Gasteiger partial charge is 0.277 e. The Labute approximate surface area is 176 Å². The number of hydrogen-bond acceptors (Lipinski definition) is 7. The van der Waals surface area contributed by atoms with Crippen LogP contribution in [0, 0.1) is 13.8 Å². The van der Waals surface area contributed by atoms with Crippen molar-refractivity contribution in [2.45, 2.75) is 31.2 Å². The van der Waals surface area contributed by atoms with Gasteiger partial charge < -0.3 is 9.73 Å². The van der Waals surface area contributed by atoms with E-state index in [0.29, 0.717) is 11.1 Å². The SMILES string of the molecule is Cc1nn(-c2ccccc2)c(C)c1NC(=O)C(C)Sc1nnc(-c2cccs2)o1. The molecule has 0 saturated carbocycles. The van der Waals surface area contributed by atoms with Crippen molar-refractivity contribution < 1.29 is 9.21 Å². The average Bonchev–Trinajstić information content (AvgIpc) is 3.46. The van der Waals surface area contributed by atoms with E-state index in [1.54, 1.807) is 6.92 Å². The van der Waals surface area contributed by atoms with Crippen LogP contribution in [0.4, 0.5) is 5.69 Å². The van der Waals surface area contributed by atoms with Gasteiger partial charge in [0.1, 0.15) is 0 Å². The molecule has 0 saturated heterocycles. The van der Waals surface area contributed by atoms with E-state index >= 15 is 0 Å². The highest BCUT2D eigenvalue weighted by Gasteiger charge is 2.22. The zero-order valence-electron chi connectivity index (χ0n) is 16.1. The number of aryl methyl sites for hydroxylation is 1. The van der Waals surface area contributed by atoms with Crippen LogP contribution in [-0.4, -0.2) is 31.1 Å². The van der Waals surface area contributed by atoms with Crippen LogP contribution >= 0.6 is 23.1 Å². The number of anilines is 1. The Morgan fingerprint density at radius 1 is 1.17 bits per heavy atom. The number of carbonyl (C=O) groups excluding carboxylic acids is 1. The summed E-state index contributed by atoms with van der Waals surface area (Å²) >= 11 is 2.75. The molecular formula is C20H19N5O2S2. The Kier molecular flexibility index (Phi) is 5.50. The maximum atomic E-state index is 12.7. The van der Waals surface area contributed by atoms with Crippen molar-refractivity contribution in [1.82, 2.24) is 20.0 Å². The molecule has 0 bridgehead atoms. The Bertz CT molecular complexity index is 1120. The molecule has 0 aliphatic rings. The molecule has 1 atom stereocenters. The molecule has 1 aromatic carbocycles. The van der Waals surface area contributed by atoms with Gasteiger partial charge in [-0.1, -0.05) is 36.0 Å². The van der Waals surface area contributed by atoms with E-state index < -0.39 is 5.25 Å². The van der Waals surface area contributed by atoms with E-state index in [1.165, 1.54) is 23.1 Å². The fraction of sp³-hybridized carbons (Fsp3) is 0.200. The first-order valence-corrected chi connectivity index (χ1v) is 10.8. The molecule has 1 amide bonds. The summed E-state index contributed by atoms with van der Waals surface area (Å²) in [7, 11) is 0. The number of hydrogen-bond donors (Lipinski definition) is 1. The minimum Gasteiger partial charge on any atom is -0.410 e. The van der Waals surface area contributed by atoms with Crippen molar-refractivity contribution in [3.63, 3.8) is 0 Å². The second-order valence-electron chi connectivity index (χ2n) is 6.39. The first-order valence-electron chi connectivity index (χ1n) is 8.99. The third-order valence-corrected chi connectivity index (χ3v) is 6.12. The molecule has 1 unspecified atom stereocenters. The lowest BCUT2D eigenvalue weighted by Gasteiger charge is -2.10. The molecule has 0 aliphatic heterocycles. The fourth-order valence-electron chi connectivity index (χ4n) is 2.83. The van der Waals surface area contributed by atoms with E-state index in [1.807, 2.05) is 66.4 Å². The summed E-state index contributed by atoms with van der Waals surface area (Å²) < 4.78 is 7.49. The van der Waals surface area contributed by atoms with Crippen LogP contribution < -0.4 is 5.32 Å². The second-order valence-corrected chi connectivity index (χ2v) is 8.63. The Morgan fingerprint density at radius 3 is 2.69 bits per heavy atom. The molecule has 3 aromatic heterocycles. The Morgan fingerprint density at radius 2 is 1.97 bits per heavy atom. The molecule has 148 valence electrons. The average molecular weight is 426 g/mol. The predicted molar refractivity (Wildman–Crippen MR) is 115 cm³/mol. The van der Waals surface area contributed by atoms with Crippen molar-refractivity contribution in [3.8, 4) is 16.5 Å². The molecule has 0 fully saturated rings. The van der Waals surface area contributed by atoms with Crippen LogP contribution in [0.1, 0.15) is 18.3 Å². The highest BCUT2D eigenvalue weighted by molar-refractivity contribution is 8.00. The Hall–Kier alpha value is -2.91. The van der Waals surface area contributed by atoms with E-state index in [2.05, 4.69) is 20.6 Å². The maximum absolute atomic E-state index is 12.7. The molecule has 0 spiro atoms. The van der Waals surface area contributed by atoms with Crippen LogP contribution in [0.5, 0.6) is 0 Å². The summed E-state index contributed by atoms with van der Waals surface area (Å²) in [5, 5.41) is 17.5. The summed E-state index contributed by atoms with van der Waals surface area (Å²) in [6.45, 7) is 5.62. The molecule has 29 heavy (non-hydrogen) atoms. The molecule has 3 heterocycles. The number of thioether (sulfide) groups is 1. The lowest BCUT2D eigenvalue weighted by atomic mass is 10.3. The summed E-state index contributed by atoms with van der Waals surface area (Å²) in [6.07, 6.45) is 0. The largest absolute Gasteiger partial charge is 0.410 e. The zero-order chi connectivity index (χ0) is 20.4. The zero-order valence-corrected chi connectivity index (χ0v) is 17.8. The van der Waals surface area contributed by atoms with Crippen LogP contribution in [0.2, 0.25) is 0 Å². The second kappa shape index (κ2) is 8.22. The van der Waals surface area contributed by atoms with Gasteiger partial charge >= 0.3 is 0 Å².